The number of fused-ring (bicyclic) bond motifs is 1. The Balaban J connectivity index is 1.31. The molecule has 0 spiro atoms. The van der Waals surface area contributed by atoms with Crippen molar-refractivity contribution in [2.45, 2.75) is 6.42 Å². The second-order valence-electron chi connectivity index (χ2n) is 7.26. The molecular weight excluding hydrogens is 366 g/mol. The highest BCUT2D eigenvalue weighted by Crippen LogP contribution is 2.37. The molecule has 1 aliphatic heterocycles. The Kier molecular flexibility index (Phi) is 5.57. The Bertz CT molecular complexity index is 1020. The molecule has 2 heterocycles. The smallest absolute Gasteiger partial charge is 0.266 e. The zero-order valence-electron chi connectivity index (χ0n) is 16.5. The summed E-state index contributed by atoms with van der Waals surface area (Å²) in [6.07, 6.45) is 0.320. The highest BCUT2D eigenvalue weighted by Gasteiger charge is 2.18. The quantitative estimate of drug-likeness (QED) is 0.673. The lowest BCUT2D eigenvalue weighted by Gasteiger charge is -2.35. The largest absolute Gasteiger partial charge is 0.493 e. The minimum Gasteiger partial charge on any atom is -0.493 e. The standard InChI is InChI=1S/C22H25N5O2/c1-25-19-10-6-5-9-18(19)21(22(25)29)24-23-20(28)11-12-26-13-15-27(16-14-26)17-7-3-2-4-8-17/h2-10,29H,11-16H2,1H3. The van der Waals surface area contributed by atoms with Gasteiger partial charge < -0.3 is 14.6 Å². The molecule has 2 aromatic carbocycles. The molecule has 0 aliphatic carbocycles. The van der Waals surface area contributed by atoms with Crippen LogP contribution in [0, 0.1) is 0 Å². The van der Waals surface area contributed by atoms with Crippen LogP contribution in [0.3, 0.4) is 0 Å². The van der Waals surface area contributed by atoms with Gasteiger partial charge in [0, 0.05) is 57.3 Å². The SMILES string of the molecule is Cn1c(O)c(N=NC(=O)CCN2CCN(c3ccccc3)CC2)c2ccccc21. The molecule has 7 nitrogen and oxygen atoms in total. The van der Waals surface area contributed by atoms with Crippen molar-refractivity contribution in [3.05, 3.63) is 54.6 Å². The third kappa shape index (κ3) is 4.14. The van der Waals surface area contributed by atoms with Crippen LogP contribution < -0.4 is 4.90 Å². The first-order valence-electron chi connectivity index (χ1n) is 9.87. The number of aromatic hydroxyl groups is 1. The van der Waals surface area contributed by atoms with Crippen LogP contribution in [-0.4, -0.2) is 53.2 Å². The van der Waals surface area contributed by atoms with E-state index in [1.54, 1.807) is 11.6 Å². The topological polar surface area (TPSA) is 73.4 Å². The first-order chi connectivity index (χ1) is 14.1. The molecule has 1 aromatic heterocycles. The van der Waals surface area contributed by atoms with Gasteiger partial charge in [0.1, 0.15) is 0 Å². The second-order valence-corrected chi connectivity index (χ2v) is 7.26. The van der Waals surface area contributed by atoms with Crippen LogP contribution in [0.4, 0.5) is 11.4 Å². The number of carbonyl (C=O) groups is 1. The number of piperazine rings is 1. The predicted octanol–water partition coefficient (Wildman–Crippen LogP) is 3.71. The molecule has 29 heavy (non-hydrogen) atoms. The van der Waals surface area contributed by atoms with Gasteiger partial charge in [-0.3, -0.25) is 9.69 Å². The fraction of sp³-hybridized carbons (Fsp3) is 0.318. The Hall–Kier alpha value is -3.19. The number of rotatable bonds is 5. The highest BCUT2D eigenvalue weighted by molar-refractivity contribution is 5.95. The molecular formula is C22H25N5O2. The van der Waals surface area contributed by atoms with Crippen LogP contribution in [0.25, 0.3) is 10.9 Å². The van der Waals surface area contributed by atoms with Crippen molar-refractivity contribution in [2.75, 3.05) is 37.6 Å². The summed E-state index contributed by atoms with van der Waals surface area (Å²) in [5.74, 6) is -0.261. The Labute approximate surface area is 169 Å². The number of hydrogen-bond donors (Lipinski definition) is 1. The fourth-order valence-corrected chi connectivity index (χ4v) is 3.74. The minimum atomic E-state index is -0.275. The lowest BCUT2D eigenvalue weighted by molar-refractivity contribution is -0.118. The van der Waals surface area contributed by atoms with Gasteiger partial charge in [-0.1, -0.05) is 36.4 Å². The summed E-state index contributed by atoms with van der Waals surface area (Å²) in [5, 5.41) is 18.9. The van der Waals surface area contributed by atoms with E-state index in [2.05, 4.69) is 44.3 Å². The van der Waals surface area contributed by atoms with Gasteiger partial charge in [0.2, 0.25) is 5.88 Å². The molecule has 4 rings (SSSR count). The maximum atomic E-state index is 12.2. The summed E-state index contributed by atoms with van der Waals surface area (Å²) in [4.78, 5) is 16.9. The number of amides is 1. The van der Waals surface area contributed by atoms with Crippen molar-refractivity contribution in [3.63, 3.8) is 0 Å². The van der Waals surface area contributed by atoms with Crippen LogP contribution in [0.5, 0.6) is 5.88 Å². The van der Waals surface area contributed by atoms with Gasteiger partial charge in [-0.15, -0.1) is 10.2 Å². The average Bonchev–Trinajstić information content (AvgIpc) is 3.02. The van der Waals surface area contributed by atoms with E-state index in [0.29, 0.717) is 18.7 Å². The first-order valence-corrected chi connectivity index (χ1v) is 9.87. The third-order valence-corrected chi connectivity index (χ3v) is 5.45. The van der Waals surface area contributed by atoms with E-state index in [0.717, 1.165) is 37.1 Å². The number of nitrogens with zero attached hydrogens (tertiary/aromatic N) is 5. The first kappa shape index (κ1) is 19.1. The molecule has 0 unspecified atom stereocenters. The summed E-state index contributed by atoms with van der Waals surface area (Å²) in [6, 6.07) is 17.9. The third-order valence-electron chi connectivity index (χ3n) is 5.45. The molecule has 1 fully saturated rings. The average molecular weight is 391 g/mol. The van der Waals surface area contributed by atoms with Gasteiger partial charge in [-0.25, -0.2) is 0 Å². The van der Waals surface area contributed by atoms with Crippen LogP contribution >= 0.6 is 0 Å². The van der Waals surface area contributed by atoms with Crippen LogP contribution in [0.1, 0.15) is 6.42 Å². The van der Waals surface area contributed by atoms with Gasteiger partial charge in [-0.2, -0.15) is 0 Å². The van der Waals surface area contributed by atoms with Crippen molar-refractivity contribution in [1.29, 1.82) is 0 Å². The Morgan fingerprint density at radius 1 is 1.00 bits per heavy atom. The number of para-hydroxylation sites is 2. The number of hydrogen-bond acceptors (Lipinski definition) is 5. The van der Waals surface area contributed by atoms with E-state index in [9.17, 15) is 9.90 Å². The number of benzene rings is 2. The normalized spacial score (nSPS) is 15.4. The molecule has 1 aliphatic rings. The molecule has 3 aromatic rings. The highest BCUT2D eigenvalue weighted by atomic mass is 16.3. The van der Waals surface area contributed by atoms with Crippen LogP contribution in [0.2, 0.25) is 0 Å². The molecule has 0 atom stereocenters. The molecule has 150 valence electrons. The molecule has 1 N–H and O–H groups in total. The number of aryl methyl sites for hydroxylation is 1. The van der Waals surface area contributed by atoms with Gasteiger partial charge in [-0.05, 0) is 18.2 Å². The van der Waals surface area contributed by atoms with E-state index in [-0.39, 0.29) is 11.8 Å². The van der Waals surface area contributed by atoms with E-state index in [1.165, 1.54) is 5.69 Å². The van der Waals surface area contributed by atoms with Crippen LogP contribution in [0.15, 0.2) is 64.8 Å². The summed E-state index contributed by atoms with van der Waals surface area (Å²) in [6.45, 7) is 4.40. The monoisotopic (exact) mass is 391 g/mol. The number of azo groups is 1. The van der Waals surface area contributed by atoms with E-state index in [1.807, 2.05) is 30.3 Å². The molecule has 0 radical (unpaired) electrons. The number of anilines is 1. The lowest BCUT2D eigenvalue weighted by Crippen LogP contribution is -2.46. The molecule has 0 bridgehead atoms. The van der Waals surface area contributed by atoms with E-state index in [4.69, 9.17) is 0 Å². The van der Waals surface area contributed by atoms with Crippen molar-refractivity contribution < 1.29 is 9.90 Å². The lowest BCUT2D eigenvalue weighted by atomic mass is 10.2. The fourth-order valence-electron chi connectivity index (χ4n) is 3.74. The number of carbonyl (C=O) groups excluding carboxylic acids is 1. The van der Waals surface area contributed by atoms with Gasteiger partial charge >= 0.3 is 0 Å². The summed E-state index contributed by atoms with van der Waals surface area (Å²) in [7, 11) is 1.76. The van der Waals surface area contributed by atoms with Crippen LogP contribution in [-0.2, 0) is 11.8 Å². The molecule has 1 saturated heterocycles. The molecule has 0 saturated carbocycles. The van der Waals surface area contributed by atoms with Gasteiger partial charge in [0.25, 0.3) is 5.91 Å². The van der Waals surface area contributed by atoms with E-state index >= 15 is 0 Å². The second kappa shape index (κ2) is 8.45. The van der Waals surface area contributed by atoms with E-state index < -0.39 is 0 Å². The van der Waals surface area contributed by atoms with Gasteiger partial charge in [0.15, 0.2) is 5.69 Å². The molecule has 1 amide bonds. The van der Waals surface area contributed by atoms with Crippen molar-refractivity contribution >= 4 is 28.2 Å². The minimum absolute atomic E-state index is 0.0137. The van der Waals surface area contributed by atoms with Crippen molar-refractivity contribution in [1.82, 2.24) is 9.47 Å². The Morgan fingerprint density at radius 3 is 2.45 bits per heavy atom. The predicted molar refractivity (Wildman–Crippen MR) is 114 cm³/mol. The zero-order valence-corrected chi connectivity index (χ0v) is 16.5. The summed E-state index contributed by atoms with van der Waals surface area (Å²) < 4.78 is 1.64. The maximum absolute atomic E-state index is 12.2. The maximum Gasteiger partial charge on any atom is 0.266 e. The Morgan fingerprint density at radius 2 is 1.69 bits per heavy atom. The summed E-state index contributed by atoms with van der Waals surface area (Å²) in [5.41, 5.74) is 2.43. The van der Waals surface area contributed by atoms with Gasteiger partial charge in [0.05, 0.1) is 5.52 Å². The van der Waals surface area contributed by atoms with Crippen molar-refractivity contribution in [3.8, 4) is 5.88 Å². The zero-order chi connectivity index (χ0) is 20.2. The van der Waals surface area contributed by atoms with Crippen molar-refractivity contribution in [2.24, 2.45) is 17.3 Å². The number of aromatic nitrogens is 1. The summed E-state index contributed by atoms with van der Waals surface area (Å²) >= 11 is 0. The molecule has 7 heteroatoms.